The molecule has 5 nitrogen and oxygen atoms in total. The lowest BCUT2D eigenvalue weighted by Crippen LogP contribution is -2.47. The van der Waals surface area contributed by atoms with E-state index in [0.29, 0.717) is 11.8 Å². The second-order valence-corrected chi connectivity index (χ2v) is 7.93. The minimum Gasteiger partial charge on any atom is -0.351 e. The molecule has 1 N–H and O–H groups in total. The minimum atomic E-state index is 0. The lowest BCUT2D eigenvalue weighted by atomic mass is 9.82. The molecule has 2 aromatic rings. The first kappa shape index (κ1) is 21.1. The number of hydrogen-bond acceptors (Lipinski definition) is 2. The summed E-state index contributed by atoms with van der Waals surface area (Å²) in [7, 11) is 1.88. The van der Waals surface area contributed by atoms with Crippen molar-refractivity contribution in [2.24, 2.45) is 10.9 Å². The van der Waals surface area contributed by atoms with Crippen LogP contribution in [0.1, 0.15) is 49.2 Å². The molecule has 0 spiro atoms. The van der Waals surface area contributed by atoms with Gasteiger partial charge >= 0.3 is 0 Å². The third-order valence-electron chi connectivity index (χ3n) is 6.03. The van der Waals surface area contributed by atoms with Crippen molar-refractivity contribution in [2.45, 2.75) is 51.6 Å². The maximum Gasteiger partial charge on any atom is 0.193 e. The number of guanidine groups is 1. The average Bonchev–Trinajstić information content (AvgIpc) is 3.12. The van der Waals surface area contributed by atoms with Crippen LogP contribution in [0.15, 0.2) is 41.5 Å². The number of benzene rings is 1. The van der Waals surface area contributed by atoms with Gasteiger partial charge in [-0.3, -0.25) is 4.99 Å². The molecule has 0 aliphatic carbocycles. The summed E-state index contributed by atoms with van der Waals surface area (Å²) >= 11 is 0. The summed E-state index contributed by atoms with van der Waals surface area (Å²) < 4.78 is 2.32. The van der Waals surface area contributed by atoms with Gasteiger partial charge in [-0.05, 0) is 36.7 Å². The van der Waals surface area contributed by atoms with Crippen LogP contribution < -0.4 is 5.32 Å². The highest BCUT2D eigenvalue weighted by molar-refractivity contribution is 14.0. The monoisotopic (exact) mass is 493 g/mol. The summed E-state index contributed by atoms with van der Waals surface area (Å²) in [6, 6.07) is 10.9. The van der Waals surface area contributed by atoms with E-state index in [1.54, 1.807) is 0 Å². The Morgan fingerprint density at radius 3 is 2.75 bits per heavy atom. The molecule has 0 radical (unpaired) electrons. The average molecular weight is 493 g/mol. The third-order valence-corrected chi connectivity index (χ3v) is 6.03. The smallest absolute Gasteiger partial charge is 0.193 e. The number of aromatic nitrogens is 2. The van der Waals surface area contributed by atoms with Crippen LogP contribution in [0.3, 0.4) is 0 Å². The second kappa shape index (κ2) is 9.76. The molecule has 2 aliphatic rings. The molecule has 152 valence electrons. The van der Waals surface area contributed by atoms with Gasteiger partial charge in [0.1, 0.15) is 5.82 Å². The van der Waals surface area contributed by atoms with Crippen LogP contribution in [0.25, 0.3) is 0 Å². The Morgan fingerprint density at radius 1 is 1.21 bits per heavy atom. The normalized spacial score (nSPS) is 22.4. The zero-order chi connectivity index (χ0) is 18.6. The number of nitrogens with one attached hydrogen (secondary N) is 1. The molecular weight excluding hydrogens is 461 g/mol. The number of halogens is 1. The Balaban J connectivity index is 0.00000225. The van der Waals surface area contributed by atoms with E-state index in [2.05, 4.69) is 63.2 Å². The molecule has 1 fully saturated rings. The number of fused-ring (bicyclic) bond motifs is 1. The highest BCUT2D eigenvalue weighted by Gasteiger charge is 2.28. The zero-order valence-corrected chi connectivity index (χ0v) is 19.3. The SMILES string of the molecule is CN=C(NCc1cn2c(n1)CCCC2)N1CCC(c2ccccc2)C(C)C1.I. The highest BCUT2D eigenvalue weighted by Crippen LogP contribution is 2.32. The van der Waals surface area contributed by atoms with E-state index in [1.807, 2.05) is 7.05 Å². The van der Waals surface area contributed by atoms with Gasteiger partial charge in [-0.15, -0.1) is 24.0 Å². The summed E-state index contributed by atoms with van der Waals surface area (Å²) in [5.41, 5.74) is 2.59. The van der Waals surface area contributed by atoms with Gasteiger partial charge in [-0.25, -0.2) is 4.98 Å². The molecule has 4 rings (SSSR count). The van der Waals surface area contributed by atoms with Gasteiger partial charge in [0, 0.05) is 39.3 Å². The maximum atomic E-state index is 4.80. The van der Waals surface area contributed by atoms with Crippen molar-refractivity contribution in [1.82, 2.24) is 19.8 Å². The second-order valence-electron chi connectivity index (χ2n) is 7.93. The fraction of sp³-hybridized carbons (Fsp3) is 0.545. The number of imidazole rings is 1. The largest absolute Gasteiger partial charge is 0.351 e. The van der Waals surface area contributed by atoms with Crippen molar-refractivity contribution in [2.75, 3.05) is 20.1 Å². The molecule has 1 aromatic carbocycles. The van der Waals surface area contributed by atoms with Crippen LogP contribution in [0.5, 0.6) is 0 Å². The topological polar surface area (TPSA) is 45.5 Å². The van der Waals surface area contributed by atoms with E-state index >= 15 is 0 Å². The predicted octanol–water partition coefficient (Wildman–Crippen LogP) is 4.04. The van der Waals surface area contributed by atoms with Crippen molar-refractivity contribution >= 4 is 29.9 Å². The van der Waals surface area contributed by atoms with Gasteiger partial charge < -0.3 is 14.8 Å². The fourth-order valence-electron chi connectivity index (χ4n) is 4.59. The summed E-state index contributed by atoms with van der Waals surface area (Å²) in [6.45, 7) is 6.31. The van der Waals surface area contributed by atoms with Crippen molar-refractivity contribution in [3.63, 3.8) is 0 Å². The Kier molecular flexibility index (Phi) is 7.37. The number of rotatable bonds is 3. The van der Waals surface area contributed by atoms with Gasteiger partial charge in [0.15, 0.2) is 5.96 Å². The van der Waals surface area contributed by atoms with Crippen molar-refractivity contribution in [3.8, 4) is 0 Å². The van der Waals surface area contributed by atoms with E-state index in [9.17, 15) is 0 Å². The van der Waals surface area contributed by atoms with Crippen LogP contribution in [0, 0.1) is 5.92 Å². The van der Waals surface area contributed by atoms with Gasteiger partial charge in [0.05, 0.1) is 12.2 Å². The molecule has 0 bridgehead atoms. The molecule has 6 heteroatoms. The van der Waals surface area contributed by atoms with Crippen LogP contribution >= 0.6 is 24.0 Å². The van der Waals surface area contributed by atoms with Crippen LogP contribution in [0.2, 0.25) is 0 Å². The Morgan fingerprint density at radius 2 is 2.04 bits per heavy atom. The van der Waals surface area contributed by atoms with E-state index in [1.165, 1.54) is 30.7 Å². The molecule has 2 atom stereocenters. The van der Waals surface area contributed by atoms with E-state index in [-0.39, 0.29) is 24.0 Å². The Labute approximate surface area is 185 Å². The number of aryl methyl sites for hydroxylation is 2. The lowest BCUT2D eigenvalue weighted by Gasteiger charge is -2.38. The summed E-state index contributed by atoms with van der Waals surface area (Å²) in [4.78, 5) is 11.7. The van der Waals surface area contributed by atoms with Gasteiger partial charge in [0.2, 0.25) is 0 Å². The third kappa shape index (κ3) is 4.70. The van der Waals surface area contributed by atoms with Gasteiger partial charge in [0.25, 0.3) is 0 Å². The summed E-state index contributed by atoms with van der Waals surface area (Å²) in [5.74, 6) is 3.49. The number of nitrogens with zero attached hydrogens (tertiary/aromatic N) is 4. The first-order chi connectivity index (χ1) is 13.2. The van der Waals surface area contributed by atoms with Gasteiger partial charge in [-0.1, -0.05) is 37.3 Å². The van der Waals surface area contributed by atoms with Crippen LogP contribution in [0.4, 0.5) is 0 Å². The first-order valence-electron chi connectivity index (χ1n) is 10.3. The molecular formula is C22H32IN5. The van der Waals surface area contributed by atoms with Crippen molar-refractivity contribution < 1.29 is 0 Å². The van der Waals surface area contributed by atoms with E-state index in [4.69, 9.17) is 4.98 Å². The van der Waals surface area contributed by atoms with E-state index < -0.39 is 0 Å². The van der Waals surface area contributed by atoms with Crippen LogP contribution in [-0.2, 0) is 19.5 Å². The van der Waals surface area contributed by atoms with Crippen LogP contribution in [-0.4, -0.2) is 40.5 Å². The highest BCUT2D eigenvalue weighted by atomic mass is 127. The Hall–Kier alpha value is -1.57. The lowest BCUT2D eigenvalue weighted by molar-refractivity contribution is 0.234. The van der Waals surface area contributed by atoms with E-state index in [0.717, 1.165) is 44.3 Å². The predicted molar refractivity (Wildman–Crippen MR) is 125 cm³/mol. The van der Waals surface area contributed by atoms with Crippen molar-refractivity contribution in [3.05, 3.63) is 53.6 Å². The summed E-state index contributed by atoms with van der Waals surface area (Å²) in [6.07, 6.45) is 7.02. The minimum absolute atomic E-state index is 0. The molecule has 3 heterocycles. The van der Waals surface area contributed by atoms with Crippen molar-refractivity contribution in [1.29, 1.82) is 0 Å². The summed E-state index contributed by atoms with van der Waals surface area (Å²) in [5, 5.41) is 3.54. The fourth-order valence-corrected chi connectivity index (χ4v) is 4.59. The molecule has 0 amide bonds. The quantitative estimate of drug-likeness (QED) is 0.399. The number of aliphatic imine (C=N–C) groups is 1. The standard InChI is InChI=1S/C22H31N5.HI/c1-17-15-27(13-11-20(17)18-8-4-3-5-9-18)22(23-2)24-14-19-16-26-12-7-6-10-21(26)25-19;/h3-5,8-9,16-17,20H,6-7,10-15H2,1-2H3,(H,23,24);1H. The number of piperidine rings is 1. The zero-order valence-electron chi connectivity index (χ0n) is 17.0. The van der Waals surface area contributed by atoms with Gasteiger partial charge in [-0.2, -0.15) is 0 Å². The molecule has 1 saturated heterocycles. The Bertz CT molecular complexity index is 762. The molecule has 1 aromatic heterocycles. The first-order valence-corrected chi connectivity index (χ1v) is 10.3. The maximum absolute atomic E-state index is 4.80. The molecule has 2 aliphatic heterocycles. The molecule has 0 saturated carbocycles. The molecule has 2 unspecified atom stereocenters. The molecule has 28 heavy (non-hydrogen) atoms. The number of likely N-dealkylation sites (tertiary alicyclic amines) is 1. The number of hydrogen-bond donors (Lipinski definition) is 1.